The molecule has 98 valence electrons. The molecule has 0 fully saturated rings. The molecular formula is C13H16ClNO3. The minimum absolute atomic E-state index is 0.134. The average molecular weight is 270 g/mol. The Kier molecular flexibility index (Phi) is 6.22. The predicted molar refractivity (Wildman–Crippen MR) is 69.7 cm³/mol. The molecule has 0 radical (unpaired) electrons. The van der Waals surface area contributed by atoms with Crippen LogP contribution in [0.5, 0.6) is 0 Å². The van der Waals surface area contributed by atoms with Gasteiger partial charge in [-0.15, -0.1) is 11.6 Å². The van der Waals surface area contributed by atoms with Crippen LogP contribution in [0.3, 0.4) is 0 Å². The predicted octanol–water partition coefficient (Wildman–Crippen LogP) is 1.98. The number of benzene rings is 1. The second-order valence-electron chi connectivity index (χ2n) is 3.85. The van der Waals surface area contributed by atoms with E-state index >= 15 is 0 Å². The minimum atomic E-state index is -0.364. The van der Waals surface area contributed by atoms with E-state index in [2.05, 4.69) is 5.32 Å². The highest BCUT2D eigenvalue weighted by Gasteiger charge is 2.13. The fourth-order valence-electron chi connectivity index (χ4n) is 1.41. The third-order valence-electron chi connectivity index (χ3n) is 2.23. The Labute approximate surface area is 111 Å². The lowest BCUT2D eigenvalue weighted by molar-refractivity contribution is -0.143. The molecule has 1 aromatic rings. The summed E-state index contributed by atoms with van der Waals surface area (Å²) < 4.78 is 4.83. The van der Waals surface area contributed by atoms with Crippen molar-refractivity contribution < 1.29 is 14.3 Å². The summed E-state index contributed by atoms with van der Waals surface area (Å²) in [7, 11) is 0. The summed E-state index contributed by atoms with van der Waals surface area (Å²) in [5.74, 6) is -0.291. The Hall–Kier alpha value is -1.55. The average Bonchev–Trinajstić information content (AvgIpc) is 2.37. The van der Waals surface area contributed by atoms with E-state index in [0.29, 0.717) is 5.56 Å². The SMILES string of the molecule is CC(CC(=O)OCCCl)NC(=O)c1ccccc1. The molecule has 5 heteroatoms. The number of rotatable bonds is 6. The maximum atomic E-state index is 11.8. The number of esters is 1. The van der Waals surface area contributed by atoms with Crippen LogP contribution in [0.2, 0.25) is 0 Å². The summed E-state index contributed by atoms with van der Waals surface area (Å²) in [4.78, 5) is 23.1. The summed E-state index contributed by atoms with van der Waals surface area (Å²) in [6.07, 6.45) is 0.134. The van der Waals surface area contributed by atoms with Crippen molar-refractivity contribution in [1.29, 1.82) is 0 Å². The van der Waals surface area contributed by atoms with Gasteiger partial charge in [-0.2, -0.15) is 0 Å². The maximum Gasteiger partial charge on any atom is 0.307 e. The van der Waals surface area contributed by atoms with Crippen molar-refractivity contribution >= 4 is 23.5 Å². The lowest BCUT2D eigenvalue weighted by Gasteiger charge is -2.13. The molecule has 0 heterocycles. The number of carbonyl (C=O) groups excluding carboxylic acids is 2. The van der Waals surface area contributed by atoms with Gasteiger partial charge in [0.15, 0.2) is 0 Å². The molecule has 0 saturated heterocycles. The van der Waals surface area contributed by atoms with Gasteiger partial charge in [0.05, 0.1) is 12.3 Å². The van der Waals surface area contributed by atoms with Gasteiger partial charge in [-0.1, -0.05) is 18.2 Å². The number of amides is 1. The molecule has 0 spiro atoms. The number of alkyl halides is 1. The quantitative estimate of drug-likeness (QED) is 0.635. The summed E-state index contributed by atoms with van der Waals surface area (Å²) in [5.41, 5.74) is 0.568. The molecule has 1 unspecified atom stereocenters. The van der Waals surface area contributed by atoms with E-state index < -0.39 is 0 Å². The highest BCUT2D eigenvalue weighted by Crippen LogP contribution is 2.01. The zero-order valence-corrected chi connectivity index (χ0v) is 10.9. The summed E-state index contributed by atoms with van der Waals surface area (Å²) in [6.45, 7) is 1.95. The second kappa shape index (κ2) is 7.71. The van der Waals surface area contributed by atoms with Gasteiger partial charge in [-0.25, -0.2) is 0 Å². The molecule has 0 aromatic heterocycles. The molecule has 0 bridgehead atoms. The largest absolute Gasteiger partial charge is 0.464 e. The van der Waals surface area contributed by atoms with Crippen LogP contribution in [0.25, 0.3) is 0 Å². The van der Waals surface area contributed by atoms with Gasteiger partial charge in [-0.05, 0) is 19.1 Å². The Morgan fingerprint density at radius 2 is 2.00 bits per heavy atom. The van der Waals surface area contributed by atoms with Crippen LogP contribution in [0, 0.1) is 0 Å². The topological polar surface area (TPSA) is 55.4 Å². The summed E-state index contributed by atoms with van der Waals surface area (Å²) in [5, 5.41) is 2.73. The molecule has 1 atom stereocenters. The van der Waals surface area contributed by atoms with Gasteiger partial charge < -0.3 is 10.1 Å². The normalized spacial score (nSPS) is 11.7. The van der Waals surface area contributed by atoms with Crippen LogP contribution in [-0.2, 0) is 9.53 Å². The van der Waals surface area contributed by atoms with Crippen LogP contribution in [0.15, 0.2) is 30.3 Å². The van der Waals surface area contributed by atoms with E-state index in [1.165, 1.54) is 0 Å². The third-order valence-corrected chi connectivity index (χ3v) is 2.38. The first-order chi connectivity index (χ1) is 8.63. The lowest BCUT2D eigenvalue weighted by atomic mass is 10.2. The molecule has 1 N–H and O–H groups in total. The van der Waals surface area contributed by atoms with Gasteiger partial charge in [0.1, 0.15) is 6.61 Å². The van der Waals surface area contributed by atoms with Crippen molar-refractivity contribution in [2.75, 3.05) is 12.5 Å². The summed E-state index contributed by atoms with van der Waals surface area (Å²) >= 11 is 5.40. The smallest absolute Gasteiger partial charge is 0.307 e. The first-order valence-electron chi connectivity index (χ1n) is 5.71. The highest BCUT2D eigenvalue weighted by atomic mass is 35.5. The summed E-state index contributed by atoms with van der Waals surface area (Å²) in [6, 6.07) is 8.56. The highest BCUT2D eigenvalue weighted by molar-refractivity contribution is 6.18. The van der Waals surface area contributed by atoms with Gasteiger partial charge in [-0.3, -0.25) is 9.59 Å². The second-order valence-corrected chi connectivity index (χ2v) is 4.23. The molecule has 4 nitrogen and oxygen atoms in total. The first kappa shape index (κ1) is 14.5. The zero-order chi connectivity index (χ0) is 13.4. The van der Waals surface area contributed by atoms with Crippen molar-refractivity contribution in [3.8, 4) is 0 Å². The molecule has 0 aliphatic rings. The number of carbonyl (C=O) groups is 2. The Morgan fingerprint density at radius 1 is 1.33 bits per heavy atom. The minimum Gasteiger partial charge on any atom is -0.464 e. The van der Waals surface area contributed by atoms with E-state index in [4.69, 9.17) is 16.3 Å². The number of nitrogens with one attached hydrogen (secondary N) is 1. The van der Waals surface area contributed by atoms with E-state index in [9.17, 15) is 9.59 Å². The third kappa shape index (κ3) is 5.19. The molecule has 0 aliphatic carbocycles. The van der Waals surface area contributed by atoms with Crippen LogP contribution < -0.4 is 5.32 Å². The standard InChI is InChI=1S/C13H16ClNO3/c1-10(9-12(16)18-8-7-14)15-13(17)11-5-3-2-4-6-11/h2-6,10H,7-9H2,1H3,(H,15,17). The Balaban J connectivity index is 2.38. The van der Waals surface area contributed by atoms with E-state index in [1.54, 1.807) is 31.2 Å². The Bertz CT molecular complexity index is 394. The van der Waals surface area contributed by atoms with Gasteiger partial charge in [0, 0.05) is 11.6 Å². The fourth-order valence-corrected chi connectivity index (χ4v) is 1.49. The van der Waals surface area contributed by atoms with Gasteiger partial charge in [0.25, 0.3) is 5.91 Å². The first-order valence-corrected chi connectivity index (χ1v) is 6.24. The molecule has 1 rings (SSSR count). The number of ether oxygens (including phenoxy) is 1. The molecule has 0 aliphatic heterocycles. The lowest BCUT2D eigenvalue weighted by Crippen LogP contribution is -2.34. The molecule has 0 saturated carbocycles. The molecular weight excluding hydrogens is 254 g/mol. The van der Waals surface area contributed by atoms with Gasteiger partial charge >= 0.3 is 5.97 Å². The van der Waals surface area contributed by atoms with Crippen LogP contribution in [-0.4, -0.2) is 30.4 Å². The number of halogens is 1. The van der Waals surface area contributed by atoms with Crippen molar-refractivity contribution in [2.24, 2.45) is 0 Å². The van der Waals surface area contributed by atoms with Crippen molar-refractivity contribution in [2.45, 2.75) is 19.4 Å². The number of hydrogen-bond donors (Lipinski definition) is 1. The van der Waals surface area contributed by atoms with E-state index in [1.807, 2.05) is 6.07 Å². The van der Waals surface area contributed by atoms with Crippen LogP contribution in [0.4, 0.5) is 0 Å². The molecule has 1 amide bonds. The van der Waals surface area contributed by atoms with Crippen molar-refractivity contribution in [1.82, 2.24) is 5.32 Å². The van der Waals surface area contributed by atoms with Gasteiger partial charge in [0.2, 0.25) is 0 Å². The van der Waals surface area contributed by atoms with E-state index in [0.717, 1.165) is 0 Å². The van der Waals surface area contributed by atoms with Crippen LogP contribution >= 0.6 is 11.6 Å². The Morgan fingerprint density at radius 3 is 2.61 bits per heavy atom. The fraction of sp³-hybridized carbons (Fsp3) is 0.385. The van der Waals surface area contributed by atoms with Crippen molar-refractivity contribution in [3.63, 3.8) is 0 Å². The molecule has 1 aromatic carbocycles. The monoisotopic (exact) mass is 269 g/mol. The number of hydrogen-bond acceptors (Lipinski definition) is 3. The van der Waals surface area contributed by atoms with Crippen LogP contribution in [0.1, 0.15) is 23.7 Å². The zero-order valence-electron chi connectivity index (χ0n) is 10.2. The maximum absolute atomic E-state index is 11.8. The van der Waals surface area contributed by atoms with E-state index in [-0.39, 0.29) is 36.8 Å². The van der Waals surface area contributed by atoms with Crippen molar-refractivity contribution in [3.05, 3.63) is 35.9 Å². The molecule has 18 heavy (non-hydrogen) atoms.